The highest BCUT2D eigenvalue weighted by Gasteiger charge is 2.45. The van der Waals surface area contributed by atoms with Crippen molar-refractivity contribution in [2.24, 2.45) is 23.7 Å². The predicted octanol–water partition coefficient (Wildman–Crippen LogP) is 11.3. The summed E-state index contributed by atoms with van der Waals surface area (Å²) in [7, 11) is 10.3. The topological polar surface area (TPSA) is 55.4 Å². The Hall–Kier alpha value is -0.240. The normalized spacial score (nSPS) is 15.4. The van der Waals surface area contributed by atoms with Crippen molar-refractivity contribution < 1.29 is 28.4 Å². The highest BCUT2D eigenvalue weighted by Crippen LogP contribution is 2.41. The van der Waals surface area contributed by atoms with Crippen LogP contribution in [0.1, 0.15) is 169 Å². The van der Waals surface area contributed by atoms with Gasteiger partial charge in [-0.25, -0.2) is 0 Å². The molecule has 0 aromatic carbocycles. The Bertz CT molecular complexity index is 538. The van der Waals surface area contributed by atoms with Crippen molar-refractivity contribution in [3.8, 4) is 0 Å². The van der Waals surface area contributed by atoms with Crippen LogP contribution in [0.25, 0.3) is 0 Å². The third kappa shape index (κ3) is 15.6. The molecule has 266 valence electrons. The van der Waals surface area contributed by atoms with Crippen LogP contribution in [0.15, 0.2) is 0 Å². The molecule has 0 N–H and O–H groups in total. The van der Waals surface area contributed by atoms with Gasteiger partial charge in [0.15, 0.2) is 0 Å². The van der Waals surface area contributed by atoms with Crippen molar-refractivity contribution in [2.45, 2.75) is 181 Å². The van der Waals surface area contributed by atoms with Crippen molar-refractivity contribution in [2.75, 3.05) is 42.7 Å². The summed E-state index contributed by atoms with van der Waals surface area (Å²) < 4.78 is 35.7. The SMILES string of the molecule is CCCCCCCCCC(C(CC)CCCCC(CC)C(CCCCCCCCC)C(OC)(OC)OC)C(OC)(OC)OC. The lowest BCUT2D eigenvalue weighted by molar-refractivity contribution is -0.387. The molecule has 0 aliphatic carbocycles. The van der Waals surface area contributed by atoms with E-state index in [4.69, 9.17) is 28.4 Å². The molecule has 0 fully saturated rings. The number of hydrogen-bond acceptors (Lipinski definition) is 6. The largest absolute Gasteiger partial charge is 0.331 e. The fraction of sp³-hybridized carbons (Fsp3) is 1.00. The lowest BCUT2D eigenvalue weighted by Crippen LogP contribution is -2.47. The molecule has 0 saturated heterocycles. The number of hydrogen-bond donors (Lipinski definition) is 0. The first-order chi connectivity index (χ1) is 21.4. The molecule has 0 bridgehead atoms. The second-order valence-electron chi connectivity index (χ2n) is 13.1. The summed E-state index contributed by atoms with van der Waals surface area (Å²) in [6.07, 6.45) is 27.2. The van der Waals surface area contributed by atoms with Gasteiger partial charge < -0.3 is 28.4 Å². The van der Waals surface area contributed by atoms with E-state index in [0.29, 0.717) is 11.8 Å². The highest BCUT2D eigenvalue weighted by molar-refractivity contribution is 4.81. The molecule has 0 rings (SSSR count). The van der Waals surface area contributed by atoms with E-state index in [-0.39, 0.29) is 11.8 Å². The van der Waals surface area contributed by atoms with Crippen molar-refractivity contribution in [1.29, 1.82) is 0 Å². The van der Waals surface area contributed by atoms with E-state index in [0.717, 1.165) is 38.5 Å². The average molecular weight is 631 g/mol. The first-order valence-electron chi connectivity index (χ1n) is 18.7. The summed E-state index contributed by atoms with van der Waals surface area (Å²) in [5.74, 6) is -0.586. The lowest BCUT2D eigenvalue weighted by Gasteiger charge is -2.41. The van der Waals surface area contributed by atoms with E-state index in [1.807, 2.05) is 0 Å². The Morgan fingerprint density at radius 2 is 0.591 bits per heavy atom. The van der Waals surface area contributed by atoms with Gasteiger partial charge in [0.2, 0.25) is 0 Å². The molecule has 4 atom stereocenters. The fourth-order valence-corrected chi connectivity index (χ4v) is 7.65. The van der Waals surface area contributed by atoms with Gasteiger partial charge >= 0.3 is 0 Å². The molecular weight excluding hydrogens is 552 g/mol. The molecule has 0 spiro atoms. The van der Waals surface area contributed by atoms with Crippen LogP contribution in [-0.2, 0) is 28.4 Å². The van der Waals surface area contributed by atoms with Gasteiger partial charge in [-0.05, 0) is 37.5 Å². The first-order valence-corrected chi connectivity index (χ1v) is 18.7. The molecule has 0 amide bonds. The van der Waals surface area contributed by atoms with Gasteiger partial charge in [-0.3, -0.25) is 0 Å². The van der Waals surface area contributed by atoms with Gasteiger partial charge in [0.25, 0.3) is 11.9 Å². The van der Waals surface area contributed by atoms with E-state index in [1.165, 1.54) is 103 Å². The second-order valence-corrected chi connectivity index (χ2v) is 13.1. The van der Waals surface area contributed by atoms with E-state index in [9.17, 15) is 0 Å². The molecule has 4 unspecified atom stereocenters. The number of rotatable bonds is 33. The molecular formula is C38H78O6. The van der Waals surface area contributed by atoms with Crippen LogP contribution in [0, 0.1) is 23.7 Å². The molecule has 6 nitrogen and oxygen atoms in total. The maximum atomic E-state index is 5.95. The van der Waals surface area contributed by atoms with E-state index >= 15 is 0 Å². The van der Waals surface area contributed by atoms with Crippen LogP contribution < -0.4 is 0 Å². The van der Waals surface area contributed by atoms with Crippen LogP contribution in [0.4, 0.5) is 0 Å². The zero-order valence-corrected chi connectivity index (χ0v) is 31.3. The van der Waals surface area contributed by atoms with Gasteiger partial charge in [-0.15, -0.1) is 0 Å². The van der Waals surface area contributed by atoms with Crippen molar-refractivity contribution in [1.82, 2.24) is 0 Å². The van der Waals surface area contributed by atoms with Gasteiger partial charge in [0.1, 0.15) is 0 Å². The average Bonchev–Trinajstić information content (AvgIpc) is 3.06. The zero-order chi connectivity index (χ0) is 33.1. The number of methoxy groups -OCH3 is 6. The lowest BCUT2D eigenvalue weighted by atomic mass is 9.78. The van der Waals surface area contributed by atoms with Crippen molar-refractivity contribution in [3.63, 3.8) is 0 Å². The van der Waals surface area contributed by atoms with E-state index in [2.05, 4.69) is 27.7 Å². The minimum atomic E-state index is -0.981. The molecule has 0 aliphatic rings. The van der Waals surface area contributed by atoms with Gasteiger partial charge in [-0.1, -0.05) is 143 Å². The standard InChI is InChI=1S/C38H78O6/c1-11-15-17-19-21-23-25-31-35(37(39-5,40-6)41-7)33(13-3)29-27-28-30-34(14-4)36(38(42-8,43-9)44-10)32-26-24-22-20-18-16-12-2/h33-36H,11-32H2,1-10H3. The number of ether oxygens (including phenoxy) is 6. The Morgan fingerprint density at radius 1 is 0.341 bits per heavy atom. The minimum absolute atomic E-state index is 0.207. The predicted molar refractivity (Wildman–Crippen MR) is 186 cm³/mol. The number of unbranched alkanes of at least 4 members (excludes halogenated alkanes) is 13. The zero-order valence-electron chi connectivity index (χ0n) is 31.3. The summed E-state index contributed by atoms with van der Waals surface area (Å²) in [5, 5.41) is 0. The fourth-order valence-electron chi connectivity index (χ4n) is 7.65. The van der Waals surface area contributed by atoms with Crippen LogP contribution in [-0.4, -0.2) is 54.6 Å². The molecule has 0 radical (unpaired) electrons. The third-order valence-corrected chi connectivity index (χ3v) is 10.4. The second kappa shape index (κ2) is 27.8. The molecule has 0 aromatic heterocycles. The summed E-state index contributed by atoms with van der Waals surface area (Å²) in [6.45, 7) is 9.18. The van der Waals surface area contributed by atoms with Gasteiger partial charge in [0, 0.05) is 54.5 Å². The maximum absolute atomic E-state index is 5.95. The smallest absolute Gasteiger partial charge is 0.285 e. The Labute approximate surface area is 275 Å². The van der Waals surface area contributed by atoms with Gasteiger partial charge in [0.05, 0.1) is 0 Å². The Morgan fingerprint density at radius 3 is 0.841 bits per heavy atom. The third-order valence-electron chi connectivity index (χ3n) is 10.4. The Kier molecular flexibility index (Phi) is 27.7. The molecule has 6 heteroatoms. The molecule has 44 heavy (non-hydrogen) atoms. The monoisotopic (exact) mass is 631 g/mol. The minimum Gasteiger partial charge on any atom is -0.331 e. The van der Waals surface area contributed by atoms with E-state index in [1.54, 1.807) is 42.7 Å². The summed E-state index contributed by atoms with van der Waals surface area (Å²) >= 11 is 0. The summed E-state index contributed by atoms with van der Waals surface area (Å²) in [4.78, 5) is 0. The van der Waals surface area contributed by atoms with E-state index < -0.39 is 11.9 Å². The van der Waals surface area contributed by atoms with Crippen molar-refractivity contribution in [3.05, 3.63) is 0 Å². The van der Waals surface area contributed by atoms with Crippen molar-refractivity contribution >= 4 is 0 Å². The van der Waals surface area contributed by atoms with Crippen LogP contribution in [0.2, 0.25) is 0 Å². The van der Waals surface area contributed by atoms with Crippen LogP contribution in [0.5, 0.6) is 0 Å². The highest BCUT2D eigenvalue weighted by atomic mass is 16.9. The Balaban J connectivity index is 5.35. The summed E-state index contributed by atoms with van der Waals surface area (Å²) in [5.41, 5.74) is 0. The molecule has 0 aromatic rings. The molecule has 0 saturated carbocycles. The summed E-state index contributed by atoms with van der Waals surface area (Å²) in [6, 6.07) is 0. The van der Waals surface area contributed by atoms with Gasteiger partial charge in [-0.2, -0.15) is 0 Å². The molecule has 0 aliphatic heterocycles. The maximum Gasteiger partial charge on any atom is 0.285 e. The van der Waals surface area contributed by atoms with Crippen LogP contribution in [0.3, 0.4) is 0 Å². The quantitative estimate of drug-likeness (QED) is 0.0531. The molecule has 0 heterocycles. The first kappa shape index (κ1) is 43.8. The van der Waals surface area contributed by atoms with Crippen LogP contribution >= 0.6 is 0 Å².